The molecule has 40 heavy (non-hydrogen) atoms. The standard InChI is InChI=1S/C31H33F3N4O2/c1-3-37(4-2)28-12-8-22(9-13-28)18-23-10-11-24(29(23)38-14-16-40-17-15-38)19-25(21-35)30(39)36-27-7-5-6-26(20-27)31(32,33)34/h5-9,12-13,18-20H,3-4,10-11,14-17H2,1-2H3,(H,36,39)/b23-18-,25-19+. The highest BCUT2D eigenvalue weighted by atomic mass is 19.4. The van der Waals surface area contributed by atoms with Gasteiger partial charge in [-0.15, -0.1) is 0 Å². The molecule has 2 aromatic rings. The Kier molecular flexibility index (Phi) is 9.33. The van der Waals surface area contributed by atoms with E-state index < -0.39 is 17.6 Å². The summed E-state index contributed by atoms with van der Waals surface area (Å²) in [4.78, 5) is 17.4. The van der Waals surface area contributed by atoms with Crippen molar-refractivity contribution in [1.29, 1.82) is 5.26 Å². The number of alkyl halides is 3. The lowest BCUT2D eigenvalue weighted by Gasteiger charge is -2.31. The number of benzene rings is 2. The number of carbonyl (C=O) groups is 1. The second-order valence-electron chi connectivity index (χ2n) is 9.61. The van der Waals surface area contributed by atoms with Gasteiger partial charge >= 0.3 is 6.18 Å². The maximum Gasteiger partial charge on any atom is 0.416 e. The molecule has 0 bridgehead atoms. The molecule has 0 radical (unpaired) electrons. The van der Waals surface area contributed by atoms with Crippen LogP contribution in [0.25, 0.3) is 6.08 Å². The van der Waals surface area contributed by atoms with E-state index in [2.05, 4.69) is 59.3 Å². The number of allylic oxidation sites excluding steroid dienone is 3. The molecule has 1 N–H and O–H groups in total. The van der Waals surface area contributed by atoms with Gasteiger partial charge < -0.3 is 19.9 Å². The quantitative estimate of drug-likeness (QED) is 0.304. The number of anilines is 2. The fourth-order valence-electron chi connectivity index (χ4n) is 5.05. The normalized spacial score (nSPS) is 17.2. The summed E-state index contributed by atoms with van der Waals surface area (Å²) in [5.41, 5.74) is 4.10. The number of ether oxygens (including phenoxy) is 1. The Labute approximate surface area is 233 Å². The van der Waals surface area contributed by atoms with Crippen molar-refractivity contribution in [3.63, 3.8) is 0 Å². The predicted octanol–water partition coefficient (Wildman–Crippen LogP) is 6.40. The van der Waals surface area contributed by atoms with Crippen molar-refractivity contribution in [2.24, 2.45) is 0 Å². The molecular formula is C31H33F3N4O2. The zero-order valence-electron chi connectivity index (χ0n) is 22.7. The first-order valence-corrected chi connectivity index (χ1v) is 13.5. The highest BCUT2D eigenvalue weighted by molar-refractivity contribution is 6.07. The van der Waals surface area contributed by atoms with E-state index in [1.807, 2.05) is 6.07 Å². The molecule has 1 amide bonds. The van der Waals surface area contributed by atoms with E-state index in [4.69, 9.17) is 4.74 Å². The molecule has 4 rings (SSSR count). The van der Waals surface area contributed by atoms with Gasteiger partial charge in [-0.1, -0.05) is 18.2 Å². The summed E-state index contributed by atoms with van der Waals surface area (Å²) in [7, 11) is 0. The second kappa shape index (κ2) is 12.9. The minimum absolute atomic E-state index is 0.0245. The van der Waals surface area contributed by atoms with Crippen molar-refractivity contribution in [2.75, 3.05) is 49.6 Å². The van der Waals surface area contributed by atoms with Gasteiger partial charge in [0.05, 0.1) is 18.8 Å². The molecule has 2 aromatic carbocycles. The summed E-state index contributed by atoms with van der Waals surface area (Å²) in [5, 5.41) is 12.2. The Morgan fingerprint density at radius 1 is 1.10 bits per heavy atom. The number of halogens is 3. The molecule has 0 aromatic heterocycles. The first-order valence-electron chi connectivity index (χ1n) is 13.5. The Balaban J connectivity index is 1.64. The fourth-order valence-corrected chi connectivity index (χ4v) is 5.05. The van der Waals surface area contributed by atoms with E-state index in [0.717, 1.165) is 59.7 Å². The molecule has 1 aliphatic carbocycles. The zero-order valence-corrected chi connectivity index (χ0v) is 22.7. The van der Waals surface area contributed by atoms with Crippen LogP contribution in [0, 0.1) is 11.3 Å². The van der Waals surface area contributed by atoms with Crippen molar-refractivity contribution < 1.29 is 22.7 Å². The van der Waals surface area contributed by atoms with E-state index in [1.165, 1.54) is 12.1 Å². The molecule has 210 valence electrons. The third-order valence-corrected chi connectivity index (χ3v) is 7.09. The molecule has 1 fully saturated rings. The molecule has 6 nitrogen and oxygen atoms in total. The Morgan fingerprint density at radius 2 is 1.80 bits per heavy atom. The average Bonchev–Trinajstić information content (AvgIpc) is 3.35. The lowest BCUT2D eigenvalue weighted by atomic mass is 10.1. The van der Waals surface area contributed by atoms with E-state index in [1.54, 1.807) is 6.08 Å². The fraction of sp³-hybridized carbons (Fsp3) is 0.355. The number of nitrogens with one attached hydrogen (secondary N) is 1. The molecule has 1 heterocycles. The van der Waals surface area contributed by atoms with Crippen molar-refractivity contribution in [3.05, 3.63) is 88.2 Å². The average molecular weight is 551 g/mol. The first kappa shape index (κ1) is 29.0. The van der Waals surface area contributed by atoms with Crippen molar-refractivity contribution in [1.82, 2.24) is 4.90 Å². The van der Waals surface area contributed by atoms with Gasteiger partial charge in [0.15, 0.2) is 0 Å². The van der Waals surface area contributed by atoms with Crippen LogP contribution >= 0.6 is 0 Å². The summed E-state index contributed by atoms with van der Waals surface area (Å²) in [6, 6.07) is 14.7. The SMILES string of the molecule is CCN(CC)c1ccc(/C=C2/CCC(/C=C(\C#N)C(=O)Nc3cccc(C(F)(F)F)c3)=C2N2CCOCC2)cc1. The number of amides is 1. The molecule has 1 saturated heterocycles. The molecule has 9 heteroatoms. The van der Waals surface area contributed by atoms with Gasteiger partial charge in [-0.2, -0.15) is 18.4 Å². The van der Waals surface area contributed by atoms with Crippen LogP contribution in [-0.4, -0.2) is 50.2 Å². The molecule has 0 saturated carbocycles. The monoisotopic (exact) mass is 550 g/mol. The highest BCUT2D eigenvalue weighted by Gasteiger charge is 2.31. The minimum Gasteiger partial charge on any atom is -0.378 e. The third-order valence-electron chi connectivity index (χ3n) is 7.09. The number of hydrogen-bond donors (Lipinski definition) is 1. The molecule has 0 spiro atoms. The second-order valence-corrected chi connectivity index (χ2v) is 9.61. The smallest absolute Gasteiger partial charge is 0.378 e. The number of hydrogen-bond acceptors (Lipinski definition) is 5. The lowest BCUT2D eigenvalue weighted by Crippen LogP contribution is -2.36. The van der Waals surface area contributed by atoms with Gasteiger partial charge in [-0.05, 0) is 85.9 Å². The molecule has 0 atom stereocenters. The van der Waals surface area contributed by atoms with E-state index in [9.17, 15) is 23.2 Å². The first-order chi connectivity index (χ1) is 19.2. The summed E-state index contributed by atoms with van der Waals surface area (Å²) in [6.07, 6.45) is 0.553. The Morgan fingerprint density at radius 3 is 2.42 bits per heavy atom. The van der Waals surface area contributed by atoms with Crippen LogP contribution in [0.1, 0.15) is 37.8 Å². The third kappa shape index (κ3) is 6.93. The lowest BCUT2D eigenvalue weighted by molar-refractivity contribution is -0.137. The Bertz CT molecular complexity index is 1340. The minimum atomic E-state index is -4.54. The van der Waals surface area contributed by atoms with Crippen LogP contribution < -0.4 is 10.2 Å². The summed E-state index contributed by atoms with van der Waals surface area (Å²) < 4.78 is 44.8. The molecular weight excluding hydrogens is 517 g/mol. The van der Waals surface area contributed by atoms with Gasteiger partial charge in [0.25, 0.3) is 5.91 Å². The van der Waals surface area contributed by atoms with Gasteiger partial charge in [0.1, 0.15) is 11.6 Å². The van der Waals surface area contributed by atoms with Crippen LogP contribution in [0.2, 0.25) is 0 Å². The summed E-state index contributed by atoms with van der Waals surface area (Å²) >= 11 is 0. The van der Waals surface area contributed by atoms with E-state index in [-0.39, 0.29) is 11.3 Å². The molecule has 0 unspecified atom stereocenters. The van der Waals surface area contributed by atoms with Crippen molar-refractivity contribution >= 4 is 23.4 Å². The summed E-state index contributed by atoms with van der Waals surface area (Å²) in [6.45, 7) is 8.63. The number of nitrogens with zero attached hydrogens (tertiary/aromatic N) is 3. The van der Waals surface area contributed by atoms with Crippen molar-refractivity contribution in [3.8, 4) is 6.07 Å². The van der Waals surface area contributed by atoms with Crippen LogP contribution in [0.4, 0.5) is 24.5 Å². The zero-order chi connectivity index (χ0) is 28.7. The van der Waals surface area contributed by atoms with E-state index in [0.29, 0.717) is 32.7 Å². The van der Waals surface area contributed by atoms with Crippen LogP contribution in [0.15, 0.2) is 77.0 Å². The van der Waals surface area contributed by atoms with Gasteiger partial charge in [0.2, 0.25) is 0 Å². The number of morpholine rings is 1. The van der Waals surface area contributed by atoms with Gasteiger partial charge in [-0.3, -0.25) is 4.79 Å². The largest absolute Gasteiger partial charge is 0.416 e. The number of carbonyl (C=O) groups excluding carboxylic acids is 1. The number of nitriles is 1. The topological polar surface area (TPSA) is 68.6 Å². The molecule has 2 aliphatic rings. The van der Waals surface area contributed by atoms with Gasteiger partial charge in [-0.25, -0.2) is 0 Å². The summed E-state index contributed by atoms with van der Waals surface area (Å²) in [5.74, 6) is -0.750. The van der Waals surface area contributed by atoms with Crippen LogP contribution in [0.3, 0.4) is 0 Å². The van der Waals surface area contributed by atoms with Gasteiger partial charge in [0, 0.05) is 43.3 Å². The van der Waals surface area contributed by atoms with Crippen LogP contribution in [0.5, 0.6) is 0 Å². The maximum absolute atomic E-state index is 13.1. The molecule has 1 aliphatic heterocycles. The highest BCUT2D eigenvalue weighted by Crippen LogP contribution is 2.37. The predicted molar refractivity (Wildman–Crippen MR) is 150 cm³/mol. The van der Waals surface area contributed by atoms with E-state index >= 15 is 0 Å². The number of rotatable bonds is 8. The van der Waals surface area contributed by atoms with Crippen LogP contribution in [-0.2, 0) is 15.7 Å². The maximum atomic E-state index is 13.1. The van der Waals surface area contributed by atoms with Crippen molar-refractivity contribution in [2.45, 2.75) is 32.9 Å². The Hall–Kier alpha value is -4.03.